The molecule has 0 aliphatic rings. The second-order valence-electron chi connectivity index (χ2n) is 5.82. The van der Waals surface area contributed by atoms with Crippen LogP contribution in [0.3, 0.4) is 0 Å². The van der Waals surface area contributed by atoms with Gasteiger partial charge in [0.25, 0.3) is 5.89 Å². The molecule has 0 bridgehead atoms. The fourth-order valence-electron chi connectivity index (χ4n) is 2.58. The van der Waals surface area contributed by atoms with Crippen molar-refractivity contribution in [2.75, 3.05) is 0 Å². The molecule has 0 saturated carbocycles. The highest BCUT2D eigenvalue weighted by atomic mass is 16.5. The van der Waals surface area contributed by atoms with E-state index in [9.17, 15) is 0 Å². The SMILES string of the molecule is Cc1cccc(-c2nc(Cc3noc(-c4ccncc4)n3)c(C)o2)c1. The number of benzene rings is 1. The van der Waals surface area contributed by atoms with Gasteiger partial charge < -0.3 is 8.94 Å². The first-order valence-electron chi connectivity index (χ1n) is 7.95. The van der Waals surface area contributed by atoms with E-state index < -0.39 is 0 Å². The van der Waals surface area contributed by atoms with Crippen molar-refractivity contribution in [3.8, 4) is 22.9 Å². The number of oxazole rings is 1. The summed E-state index contributed by atoms with van der Waals surface area (Å²) in [7, 11) is 0. The number of aryl methyl sites for hydroxylation is 2. The van der Waals surface area contributed by atoms with Gasteiger partial charge in [0, 0.05) is 23.5 Å². The molecular formula is C19H16N4O2. The zero-order chi connectivity index (χ0) is 17.2. The van der Waals surface area contributed by atoms with Gasteiger partial charge in [-0.1, -0.05) is 22.9 Å². The van der Waals surface area contributed by atoms with Crippen molar-refractivity contribution in [2.24, 2.45) is 0 Å². The smallest absolute Gasteiger partial charge is 0.258 e. The molecule has 4 aromatic rings. The van der Waals surface area contributed by atoms with Crippen LogP contribution in [0.2, 0.25) is 0 Å². The van der Waals surface area contributed by atoms with Gasteiger partial charge in [-0.05, 0) is 38.1 Å². The molecular weight excluding hydrogens is 316 g/mol. The van der Waals surface area contributed by atoms with Crippen molar-refractivity contribution in [1.29, 1.82) is 0 Å². The Balaban J connectivity index is 1.59. The number of hydrogen-bond donors (Lipinski definition) is 0. The van der Waals surface area contributed by atoms with E-state index in [1.54, 1.807) is 12.4 Å². The Morgan fingerprint density at radius 1 is 0.920 bits per heavy atom. The van der Waals surface area contributed by atoms with Gasteiger partial charge in [-0.15, -0.1) is 0 Å². The van der Waals surface area contributed by atoms with Crippen molar-refractivity contribution in [3.05, 3.63) is 71.6 Å². The van der Waals surface area contributed by atoms with Crippen LogP contribution < -0.4 is 0 Å². The maximum Gasteiger partial charge on any atom is 0.258 e. The maximum atomic E-state index is 5.81. The lowest BCUT2D eigenvalue weighted by Crippen LogP contribution is -1.93. The molecule has 0 aliphatic carbocycles. The molecule has 0 spiro atoms. The maximum absolute atomic E-state index is 5.81. The first kappa shape index (κ1) is 15.3. The zero-order valence-electron chi connectivity index (χ0n) is 13.9. The molecule has 1 aromatic carbocycles. The van der Waals surface area contributed by atoms with E-state index in [2.05, 4.69) is 20.1 Å². The second-order valence-corrected chi connectivity index (χ2v) is 5.82. The van der Waals surface area contributed by atoms with E-state index in [0.717, 1.165) is 28.1 Å². The fraction of sp³-hybridized carbons (Fsp3) is 0.158. The summed E-state index contributed by atoms with van der Waals surface area (Å²) >= 11 is 0. The van der Waals surface area contributed by atoms with E-state index in [1.807, 2.05) is 50.2 Å². The minimum atomic E-state index is 0.454. The van der Waals surface area contributed by atoms with Crippen molar-refractivity contribution in [2.45, 2.75) is 20.3 Å². The van der Waals surface area contributed by atoms with Crippen LogP contribution in [0.25, 0.3) is 22.9 Å². The van der Waals surface area contributed by atoms with Crippen molar-refractivity contribution >= 4 is 0 Å². The standard InChI is InChI=1S/C19H16N4O2/c1-12-4-3-5-15(10-12)18-21-16(13(2)24-18)11-17-22-19(25-23-17)14-6-8-20-9-7-14/h3-10H,11H2,1-2H3. The normalized spacial score (nSPS) is 11.0. The van der Waals surface area contributed by atoms with Crippen molar-refractivity contribution in [3.63, 3.8) is 0 Å². The average molecular weight is 332 g/mol. The molecule has 0 atom stereocenters. The number of aromatic nitrogens is 4. The van der Waals surface area contributed by atoms with Gasteiger partial charge in [-0.3, -0.25) is 4.98 Å². The lowest BCUT2D eigenvalue weighted by molar-refractivity contribution is 0.423. The summed E-state index contributed by atoms with van der Waals surface area (Å²) < 4.78 is 11.1. The molecule has 6 nitrogen and oxygen atoms in total. The van der Waals surface area contributed by atoms with Crippen LogP contribution in [-0.4, -0.2) is 20.1 Å². The Labute approximate surface area is 144 Å². The number of hydrogen-bond acceptors (Lipinski definition) is 6. The van der Waals surface area contributed by atoms with Crippen LogP contribution in [0.4, 0.5) is 0 Å². The lowest BCUT2D eigenvalue weighted by Gasteiger charge is -1.96. The van der Waals surface area contributed by atoms with Crippen molar-refractivity contribution < 1.29 is 8.94 Å². The Kier molecular flexibility index (Phi) is 3.85. The van der Waals surface area contributed by atoms with E-state index in [-0.39, 0.29) is 0 Å². The first-order valence-corrected chi connectivity index (χ1v) is 7.95. The van der Waals surface area contributed by atoms with Crippen LogP contribution >= 0.6 is 0 Å². The third kappa shape index (κ3) is 3.19. The van der Waals surface area contributed by atoms with Gasteiger partial charge in [0.2, 0.25) is 5.89 Å². The molecule has 3 aromatic heterocycles. The van der Waals surface area contributed by atoms with Gasteiger partial charge in [0.1, 0.15) is 5.76 Å². The van der Waals surface area contributed by atoms with Crippen LogP contribution in [0, 0.1) is 13.8 Å². The van der Waals surface area contributed by atoms with Crippen LogP contribution in [0.5, 0.6) is 0 Å². The third-order valence-electron chi connectivity index (χ3n) is 3.88. The van der Waals surface area contributed by atoms with Gasteiger partial charge in [-0.2, -0.15) is 4.98 Å². The van der Waals surface area contributed by atoms with Gasteiger partial charge in [-0.25, -0.2) is 4.98 Å². The summed E-state index contributed by atoms with van der Waals surface area (Å²) in [5.41, 5.74) is 3.76. The molecule has 0 fully saturated rings. The van der Waals surface area contributed by atoms with E-state index in [0.29, 0.717) is 24.0 Å². The predicted molar refractivity (Wildman–Crippen MR) is 91.7 cm³/mol. The topological polar surface area (TPSA) is 77.8 Å². The number of rotatable bonds is 4. The summed E-state index contributed by atoms with van der Waals surface area (Å²) in [4.78, 5) is 13.0. The Bertz CT molecular complexity index is 1010. The van der Waals surface area contributed by atoms with Gasteiger partial charge in [0.15, 0.2) is 5.82 Å². The van der Waals surface area contributed by atoms with E-state index in [1.165, 1.54) is 0 Å². The van der Waals surface area contributed by atoms with Gasteiger partial charge >= 0.3 is 0 Å². The minimum absolute atomic E-state index is 0.454. The first-order chi connectivity index (χ1) is 12.2. The molecule has 0 aliphatic heterocycles. The lowest BCUT2D eigenvalue weighted by atomic mass is 10.1. The highest BCUT2D eigenvalue weighted by molar-refractivity contribution is 5.55. The Morgan fingerprint density at radius 2 is 1.76 bits per heavy atom. The highest BCUT2D eigenvalue weighted by Gasteiger charge is 2.16. The monoisotopic (exact) mass is 332 g/mol. The molecule has 0 radical (unpaired) electrons. The summed E-state index contributed by atoms with van der Waals surface area (Å²) in [5, 5.41) is 4.04. The molecule has 4 rings (SSSR count). The minimum Gasteiger partial charge on any atom is -0.441 e. The molecule has 25 heavy (non-hydrogen) atoms. The molecule has 124 valence electrons. The molecule has 0 amide bonds. The fourth-order valence-corrected chi connectivity index (χ4v) is 2.58. The van der Waals surface area contributed by atoms with E-state index >= 15 is 0 Å². The van der Waals surface area contributed by atoms with E-state index in [4.69, 9.17) is 8.94 Å². The predicted octanol–water partition coefficient (Wildman–Crippen LogP) is 3.99. The summed E-state index contributed by atoms with van der Waals surface area (Å²) in [6, 6.07) is 11.7. The second kappa shape index (κ2) is 6.32. The zero-order valence-corrected chi connectivity index (χ0v) is 13.9. The highest BCUT2D eigenvalue weighted by Crippen LogP contribution is 2.24. The summed E-state index contributed by atoms with van der Waals surface area (Å²) in [6.07, 6.45) is 3.83. The molecule has 0 N–H and O–H groups in total. The summed E-state index contributed by atoms with van der Waals surface area (Å²) in [5.74, 6) is 2.40. The Hall–Kier alpha value is -3.28. The molecule has 0 saturated heterocycles. The van der Waals surface area contributed by atoms with Crippen LogP contribution in [0.1, 0.15) is 22.8 Å². The quantitative estimate of drug-likeness (QED) is 0.562. The molecule has 0 unspecified atom stereocenters. The largest absolute Gasteiger partial charge is 0.441 e. The van der Waals surface area contributed by atoms with Crippen LogP contribution in [0.15, 0.2) is 57.7 Å². The van der Waals surface area contributed by atoms with Crippen LogP contribution in [-0.2, 0) is 6.42 Å². The number of pyridine rings is 1. The molecule has 6 heteroatoms. The average Bonchev–Trinajstić information content (AvgIpc) is 3.24. The van der Waals surface area contributed by atoms with Gasteiger partial charge in [0.05, 0.1) is 12.1 Å². The number of nitrogens with zero attached hydrogens (tertiary/aromatic N) is 4. The summed E-state index contributed by atoms with van der Waals surface area (Å²) in [6.45, 7) is 3.94. The third-order valence-corrected chi connectivity index (χ3v) is 3.88. The molecule has 3 heterocycles. The Morgan fingerprint density at radius 3 is 2.56 bits per heavy atom. The van der Waals surface area contributed by atoms with Crippen molar-refractivity contribution in [1.82, 2.24) is 20.1 Å².